The van der Waals surface area contributed by atoms with Crippen LogP contribution in [0.2, 0.25) is 10.0 Å². The number of amides is 1. The van der Waals surface area contributed by atoms with Crippen LogP contribution < -0.4 is 0 Å². The van der Waals surface area contributed by atoms with Crippen LogP contribution in [0.1, 0.15) is 16.1 Å². The van der Waals surface area contributed by atoms with E-state index in [1.54, 1.807) is 25.1 Å². The lowest BCUT2D eigenvalue weighted by Crippen LogP contribution is -2.47. The maximum absolute atomic E-state index is 12.9. The first kappa shape index (κ1) is 16.3. The van der Waals surface area contributed by atoms with Gasteiger partial charge in [-0.1, -0.05) is 34.4 Å². The Kier molecular flexibility index (Phi) is 4.62. The number of nitrogens with zero attached hydrogens (tertiary/aromatic N) is 3. The molecule has 0 spiro atoms. The molecule has 0 radical (unpaired) electrons. The second-order valence-electron chi connectivity index (χ2n) is 5.65. The summed E-state index contributed by atoms with van der Waals surface area (Å²) in [5, 5.41) is 4.92. The first-order chi connectivity index (χ1) is 11.0. The minimum Gasteiger partial charge on any atom is -0.360 e. The van der Waals surface area contributed by atoms with Crippen molar-refractivity contribution in [3.05, 3.63) is 39.6 Å². The summed E-state index contributed by atoms with van der Waals surface area (Å²) < 4.78 is 5.27. The standard InChI is InChI=1S/C16H17Cl2N3O2/c1-10-13(16(22)21-8-6-20(2)7-9-21)15(19-23-10)14-11(17)4-3-5-12(14)18/h3-5H,6-9H2,1-2H3. The third kappa shape index (κ3) is 3.09. The van der Waals surface area contributed by atoms with Crippen molar-refractivity contribution in [2.45, 2.75) is 6.92 Å². The van der Waals surface area contributed by atoms with E-state index in [0.717, 1.165) is 13.1 Å². The largest absolute Gasteiger partial charge is 0.360 e. The van der Waals surface area contributed by atoms with Crippen LogP contribution in [0, 0.1) is 6.92 Å². The van der Waals surface area contributed by atoms with Gasteiger partial charge in [-0.15, -0.1) is 0 Å². The zero-order chi connectivity index (χ0) is 16.6. The zero-order valence-electron chi connectivity index (χ0n) is 13.0. The average Bonchev–Trinajstić information content (AvgIpc) is 2.89. The fraction of sp³-hybridized carbons (Fsp3) is 0.375. The van der Waals surface area contributed by atoms with Gasteiger partial charge in [0.25, 0.3) is 5.91 Å². The molecule has 1 aliphatic heterocycles. The van der Waals surface area contributed by atoms with Crippen molar-refractivity contribution in [1.82, 2.24) is 15.0 Å². The molecule has 1 fully saturated rings. The molecule has 0 unspecified atom stereocenters. The molecule has 0 saturated carbocycles. The Morgan fingerprint density at radius 3 is 2.39 bits per heavy atom. The summed E-state index contributed by atoms with van der Waals surface area (Å²) in [6.07, 6.45) is 0. The van der Waals surface area contributed by atoms with E-state index in [0.29, 0.717) is 45.7 Å². The second-order valence-corrected chi connectivity index (χ2v) is 6.47. The van der Waals surface area contributed by atoms with E-state index in [2.05, 4.69) is 10.1 Å². The SMILES string of the molecule is Cc1onc(-c2c(Cl)cccc2Cl)c1C(=O)N1CCN(C)CC1. The molecule has 0 atom stereocenters. The number of aromatic nitrogens is 1. The molecule has 0 N–H and O–H groups in total. The van der Waals surface area contributed by atoms with Crippen LogP contribution in [0.5, 0.6) is 0 Å². The normalized spacial score (nSPS) is 15.9. The van der Waals surface area contributed by atoms with E-state index in [9.17, 15) is 4.79 Å². The third-order valence-electron chi connectivity index (χ3n) is 4.07. The van der Waals surface area contributed by atoms with Crippen molar-refractivity contribution < 1.29 is 9.32 Å². The highest BCUT2D eigenvalue weighted by Gasteiger charge is 2.29. The molecule has 2 aromatic rings. The monoisotopic (exact) mass is 353 g/mol. The van der Waals surface area contributed by atoms with Crippen LogP contribution in [0.3, 0.4) is 0 Å². The average molecular weight is 354 g/mol. The van der Waals surface area contributed by atoms with Crippen LogP contribution in [0.25, 0.3) is 11.3 Å². The highest BCUT2D eigenvalue weighted by atomic mass is 35.5. The lowest BCUT2D eigenvalue weighted by molar-refractivity contribution is 0.0663. The predicted octanol–water partition coefficient (Wildman–Crippen LogP) is 3.34. The molecule has 23 heavy (non-hydrogen) atoms. The molecule has 0 aliphatic carbocycles. The molecule has 1 amide bonds. The summed E-state index contributed by atoms with van der Waals surface area (Å²) in [6.45, 7) is 4.77. The predicted molar refractivity (Wildman–Crippen MR) is 90.1 cm³/mol. The van der Waals surface area contributed by atoms with Gasteiger partial charge in [0.2, 0.25) is 0 Å². The van der Waals surface area contributed by atoms with Crippen molar-refractivity contribution in [3.8, 4) is 11.3 Å². The van der Waals surface area contributed by atoms with E-state index in [1.165, 1.54) is 0 Å². The van der Waals surface area contributed by atoms with Crippen molar-refractivity contribution in [1.29, 1.82) is 0 Å². The number of carbonyl (C=O) groups is 1. The number of halogens is 2. The van der Waals surface area contributed by atoms with E-state index in [4.69, 9.17) is 27.7 Å². The number of carbonyl (C=O) groups excluding carboxylic acids is 1. The molecule has 1 aromatic heterocycles. The fourth-order valence-corrected chi connectivity index (χ4v) is 3.26. The molecule has 2 heterocycles. The van der Waals surface area contributed by atoms with Gasteiger partial charge in [0.15, 0.2) is 0 Å². The van der Waals surface area contributed by atoms with Gasteiger partial charge in [0, 0.05) is 31.7 Å². The minimum atomic E-state index is -0.0946. The number of hydrogen-bond donors (Lipinski definition) is 0. The van der Waals surface area contributed by atoms with E-state index < -0.39 is 0 Å². The Morgan fingerprint density at radius 1 is 1.17 bits per heavy atom. The fourth-order valence-electron chi connectivity index (χ4n) is 2.69. The summed E-state index contributed by atoms with van der Waals surface area (Å²) in [6, 6.07) is 5.19. The molecular weight excluding hydrogens is 337 g/mol. The summed E-state index contributed by atoms with van der Waals surface area (Å²) in [5.41, 5.74) is 1.37. The van der Waals surface area contributed by atoms with E-state index >= 15 is 0 Å². The Hall–Kier alpha value is -1.56. The number of piperazine rings is 1. The molecule has 3 rings (SSSR count). The number of rotatable bonds is 2. The van der Waals surface area contributed by atoms with Gasteiger partial charge < -0.3 is 14.3 Å². The van der Waals surface area contributed by atoms with Gasteiger partial charge in [-0.3, -0.25) is 4.79 Å². The van der Waals surface area contributed by atoms with Gasteiger partial charge in [0.05, 0.1) is 10.0 Å². The summed E-state index contributed by atoms with van der Waals surface area (Å²) >= 11 is 12.5. The van der Waals surface area contributed by atoms with Gasteiger partial charge in [-0.25, -0.2) is 0 Å². The summed E-state index contributed by atoms with van der Waals surface area (Å²) in [5.74, 6) is 0.378. The molecule has 122 valence electrons. The Labute approximate surface area is 144 Å². The second kappa shape index (κ2) is 6.51. The summed E-state index contributed by atoms with van der Waals surface area (Å²) in [4.78, 5) is 16.9. The molecular formula is C16H17Cl2N3O2. The first-order valence-electron chi connectivity index (χ1n) is 7.37. The number of benzene rings is 1. The lowest BCUT2D eigenvalue weighted by Gasteiger charge is -2.32. The van der Waals surface area contributed by atoms with Gasteiger partial charge in [0.1, 0.15) is 17.0 Å². The van der Waals surface area contributed by atoms with E-state index in [-0.39, 0.29) is 5.91 Å². The minimum absolute atomic E-state index is 0.0946. The Balaban J connectivity index is 2.01. The maximum Gasteiger partial charge on any atom is 0.259 e. The Bertz CT molecular complexity index is 717. The Morgan fingerprint density at radius 2 is 1.78 bits per heavy atom. The number of aryl methyl sites for hydroxylation is 1. The summed E-state index contributed by atoms with van der Waals surface area (Å²) in [7, 11) is 2.04. The van der Waals surface area contributed by atoms with Crippen molar-refractivity contribution in [3.63, 3.8) is 0 Å². The molecule has 5 nitrogen and oxygen atoms in total. The smallest absolute Gasteiger partial charge is 0.259 e. The van der Waals surface area contributed by atoms with Crippen LogP contribution in [-0.2, 0) is 0 Å². The first-order valence-corrected chi connectivity index (χ1v) is 8.13. The molecule has 0 bridgehead atoms. The van der Waals surface area contributed by atoms with Crippen LogP contribution in [0.15, 0.2) is 22.7 Å². The zero-order valence-corrected chi connectivity index (χ0v) is 14.5. The lowest BCUT2D eigenvalue weighted by atomic mass is 10.0. The number of likely N-dealkylation sites (N-methyl/N-ethyl adjacent to an activating group) is 1. The topological polar surface area (TPSA) is 49.6 Å². The maximum atomic E-state index is 12.9. The quantitative estimate of drug-likeness (QED) is 0.830. The van der Waals surface area contributed by atoms with Crippen molar-refractivity contribution in [2.75, 3.05) is 33.2 Å². The molecule has 1 saturated heterocycles. The van der Waals surface area contributed by atoms with Crippen LogP contribution in [-0.4, -0.2) is 54.1 Å². The highest BCUT2D eigenvalue weighted by molar-refractivity contribution is 6.39. The van der Waals surface area contributed by atoms with Gasteiger partial charge in [-0.05, 0) is 26.1 Å². The molecule has 7 heteroatoms. The van der Waals surface area contributed by atoms with Crippen molar-refractivity contribution >= 4 is 29.1 Å². The van der Waals surface area contributed by atoms with Crippen LogP contribution in [0.4, 0.5) is 0 Å². The van der Waals surface area contributed by atoms with Gasteiger partial charge in [-0.2, -0.15) is 0 Å². The molecule has 1 aromatic carbocycles. The third-order valence-corrected chi connectivity index (χ3v) is 4.70. The molecule has 1 aliphatic rings. The van der Waals surface area contributed by atoms with E-state index in [1.807, 2.05) is 11.9 Å². The highest BCUT2D eigenvalue weighted by Crippen LogP contribution is 2.37. The van der Waals surface area contributed by atoms with Crippen molar-refractivity contribution in [2.24, 2.45) is 0 Å². The number of hydrogen-bond acceptors (Lipinski definition) is 4. The van der Waals surface area contributed by atoms with Crippen LogP contribution >= 0.6 is 23.2 Å². The van der Waals surface area contributed by atoms with Gasteiger partial charge >= 0.3 is 0 Å².